The Bertz CT molecular complexity index is 755. The molecule has 2 rings (SSSR count). The second kappa shape index (κ2) is 13.6. The molecular weight excluding hydrogens is 392 g/mol. The van der Waals surface area contributed by atoms with Gasteiger partial charge in [-0.3, -0.25) is 9.59 Å². The zero-order valence-corrected chi connectivity index (χ0v) is 18.7. The van der Waals surface area contributed by atoms with Gasteiger partial charge in [-0.25, -0.2) is 0 Å². The highest BCUT2D eigenvalue weighted by Gasteiger charge is 2.49. The van der Waals surface area contributed by atoms with Crippen molar-refractivity contribution in [2.24, 2.45) is 0 Å². The van der Waals surface area contributed by atoms with Crippen molar-refractivity contribution in [3.63, 3.8) is 0 Å². The molecule has 0 fully saturated rings. The van der Waals surface area contributed by atoms with Gasteiger partial charge in [0.2, 0.25) is 0 Å². The van der Waals surface area contributed by atoms with Crippen LogP contribution in [0.1, 0.15) is 57.1 Å². The Hall–Kier alpha value is -2.66. The van der Waals surface area contributed by atoms with Crippen LogP contribution in [0.2, 0.25) is 0 Å². The fourth-order valence-corrected chi connectivity index (χ4v) is 3.61. The highest BCUT2D eigenvalue weighted by atomic mass is 16.6. The Morgan fingerprint density at radius 3 is 1.87 bits per heavy atom. The van der Waals surface area contributed by atoms with Crippen LogP contribution in [0, 0.1) is 0 Å². The topological polar surface area (TPSA) is 61.8 Å². The molecule has 31 heavy (non-hydrogen) atoms. The number of unbranched alkanes of at least 4 members (excludes halogenated alkanes) is 3. The third-order valence-corrected chi connectivity index (χ3v) is 5.22. The molecule has 0 aliphatic heterocycles. The fraction of sp³-hybridized carbons (Fsp3) is 0.462. The average molecular weight is 427 g/mol. The molecule has 0 aromatic heterocycles. The van der Waals surface area contributed by atoms with Crippen molar-refractivity contribution in [3.8, 4) is 0 Å². The van der Waals surface area contributed by atoms with Gasteiger partial charge in [-0.15, -0.1) is 0 Å². The summed E-state index contributed by atoms with van der Waals surface area (Å²) in [6.07, 6.45) is 3.86. The first kappa shape index (κ1) is 24.6. The number of carbonyl (C=O) groups excluding carboxylic acids is 2. The van der Waals surface area contributed by atoms with E-state index in [4.69, 9.17) is 14.2 Å². The lowest BCUT2D eigenvalue weighted by Gasteiger charge is -2.29. The molecule has 0 bridgehead atoms. The van der Waals surface area contributed by atoms with Crippen molar-refractivity contribution >= 4 is 11.9 Å². The zero-order chi connectivity index (χ0) is 22.4. The van der Waals surface area contributed by atoms with E-state index in [0.717, 1.165) is 19.3 Å². The van der Waals surface area contributed by atoms with Gasteiger partial charge in [0.25, 0.3) is 0 Å². The first-order valence-corrected chi connectivity index (χ1v) is 11.2. The van der Waals surface area contributed by atoms with Crippen molar-refractivity contribution in [2.45, 2.75) is 58.0 Å². The number of hydrogen-bond acceptors (Lipinski definition) is 5. The van der Waals surface area contributed by atoms with Gasteiger partial charge in [-0.1, -0.05) is 79.9 Å². The van der Waals surface area contributed by atoms with Crippen LogP contribution in [0.4, 0.5) is 0 Å². The summed E-state index contributed by atoms with van der Waals surface area (Å²) in [4.78, 5) is 26.0. The van der Waals surface area contributed by atoms with E-state index >= 15 is 0 Å². The lowest BCUT2D eigenvalue weighted by Crippen LogP contribution is -2.46. The van der Waals surface area contributed by atoms with E-state index in [1.165, 1.54) is 5.56 Å². The highest BCUT2D eigenvalue weighted by molar-refractivity contribution is 6.06. The van der Waals surface area contributed by atoms with E-state index in [1.54, 1.807) is 26.0 Å². The minimum atomic E-state index is -1.42. The molecule has 0 amide bonds. The molecule has 168 valence electrons. The molecule has 0 unspecified atom stereocenters. The van der Waals surface area contributed by atoms with Crippen LogP contribution >= 0.6 is 0 Å². The van der Waals surface area contributed by atoms with E-state index < -0.39 is 17.4 Å². The first-order valence-electron chi connectivity index (χ1n) is 11.2. The van der Waals surface area contributed by atoms with E-state index in [2.05, 4.69) is 0 Å². The average Bonchev–Trinajstić information content (AvgIpc) is 2.80. The van der Waals surface area contributed by atoms with E-state index in [-0.39, 0.29) is 13.2 Å². The van der Waals surface area contributed by atoms with Crippen molar-refractivity contribution < 1.29 is 23.8 Å². The fourth-order valence-electron chi connectivity index (χ4n) is 3.61. The Kier molecular flexibility index (Phi) is 10.8. The quantitative estimate of drug-likeness (QED) is 0.235. The second-order valence-corrected chi connectivity index (χ2v) is 7.41. The number of hydrogen-bond donors (Lipinski definition) is 0. The first-order chi connectivity index (χ1) is 15.1. The second-order valence-electron chi connectivity index (χ2n) is 7.41. The van der Waals surface area contributed by atoms with Gasteiger partial charge in [0.15, 0.2) is 5.41 Å². The number of esters is 2. The minimum absolute atomic E-state index is 0.214. The summed E-state index contributed by atoms with van der Waals surface area (Å²) in [6.45, 7) is 5.22. The molecule has 0 aliphatic carbocycles. The number of carbonyl (C=O) groups is 2. The Morgan fingerprint density at radius 2 is 1.29 bits per heavy atom. The van der Waals surface area contributed by atoms with Crippen molar-refractivity contribution in [2.75, 3.05) is 19.8 Å². The normalized spacial score (nSPS) is 11.2. The molecule has 0 spiro atoms. The van der Waals surface area contributed by atoms with Crippen LogP contribution in [-0.2, 0) is 35.8 Å². The van der Waals surface area contributed by atoms with Gasteiger partial charge in [-0.2, -0.15) is 0 Å². The van der Waals surface area contributed by atoms with Crippen LogP contribution < -0.4 is 0 Å². The maximum Gasteiger partial charge on any atom is 0.328 e. The molecule has 0 saturated carbocycles. The molecule has 2 aromatic rings. The molecule has 5 nitrogen and oxygen atoms in total. The third-order valence-electron chi connectivity index (χ3n) is 5.22. The summed E-state index contributed by atoms with van der Waals surface area (Å²) in [6, 6.07) is 19.2. The van der Waals surface area contributed by atoms with Crippen molar-refractivity contribution in [1.29, 1.82) is 0 Å². The minimum Gasteiger partial charge on any atom is -0.465 e. The van der Waals surface area contributed by atoms with E-state index in [9.17, 15) is 9.59 Å². The number of ether oxygens (including phenoxy) is 3. The molecule has 0 heterocycles. The summed E-state index contributed by atoms with van der Waals surface area (Å²) >= 11 is 0. The lowest BCUT2D eigenvalue weighted by molar-refractivity contribution is -0.165. The summed E-state index contributed by atoms with van der Waals surface area (Å²) in [5.74, 6) is -1.07. The SMILES string of the molecule is CCOC(=O)C(CCCCCCOCc1ccccc1)(C(=O)OCC)c1ccccc1. The predicted molar refractivity (Wildman–Crippen MR) is 121 cm³/mol. The predicted octanol–water partition coefficient (Wildman–Crippen LogP) is 5.22. The summed E-state index contributed by atoms with van der Waals surface area (Å²) in [5.41, 5.74) is 0.369. The van der Waals surface area contributed by atoms with Gasteiger partial charge < -0.3 is 14.2 Å². The number of rotatable bonds is 14. The zero-order valence-electron chi connectivity index (χ0n) is 18.7. The Balaban J connectivity index is 1.91. The largest absolute Gasteiger partial charge is 0.465 e. The lowest BCUT2D eigenvalue weighted by atomic mass is 9.76. The van der Waals surface area contributed by atoms with Crippen LogP contribution in [-0.4, -0.2) is 31.8 Å². The third kappa shape index (κ3) is 7.21. The van der Waals surface area contributed by atoms with Crippen LogP contribution in [0.25, 0.3) is 0 Å². The van der Waals surface area contributed by atoms with Gasteiger partial charge in [0.05, 0.1) is 19.8 Å². The van der Waals surface area contributed by atoms with Gasteiger partial charge in [0.1, 0.15) is 0 Å². The molecule has 0 radical (unpaired) electrons. The molecular formula is C26H34O5. The summed E-state index contributed by atoms with van der Waals surface area (Å²) in [7, 11) is 0. The molecule has 2 aromatic carbocycles. The molecule has 0 saturated heterocycles. The summed E-state index contributed by atoms with van der Waals surface area (Å²) in [5, 5.41) is 0. The van der Waals surface area contributed by atoms with E-state index in [0.29, 0.717) is 31.6 Å². The van der Waals surface area contributed by atoms with Crippen LogP contribution in [0.5, 0.6) is 0 Å². The Morgan fingerprint density at radius 1 is 0.742 bits per heavy atom. The van der Waals surface area contributed by atoms with Gasteiger partial charge >= 0.3 is 11.9 Å². The standard InChI is InChI=1S/C26H34O5/c1-3-30-24(27)26(25(28)31-4-2,23-17-11-8-12-18-23)19-13-5-6-14-20-29-21-22-15-9-7-10-16-22/h7-12,15-18H,3-6,13-14,19-21H2,1-2H3. The molecule has 0 aliphatic rings. The van der Waals surface area contributed by atoms with Crippen LogP contribution in [0.15, 0.2) is 60.7 Å². The monoisotopic (exact) mass is 426 g/mol. The van der Waals surface area contributed by atoms with E-state index in [1.807, 2.05) is 48.5 Å². The molecule has 0 atom stereocenters. The number of benzene rings is 2. The maximum atomic E-state index is 13.0. The maximum absolute atomic E-state index is 13.0. The van der Waals surface area contributed by atoms with Crippen LogP contribution in [0.3, 0.4) is 0 Å². The molecule has 5 heteroatoms. The van der Waals surface area contributed by atoms with Gasteiger partial charge in [-0.05, 0) is 37.8 Å². The van der Waals surface area contributed by atoms with Crippen molar-refractivity contribution in [1.82, 2.24) is 0 Å². The van der Waals surface area contributed by atoms with Gasteiger partial charge in [0, 0.05) is 6.61 Å². The smallest absolute Gasteiger partial charge is 0.328 e. The summed E-state index contributed by atoms with van der Waals surface area (Å²) < 4.78 is 16.4. The van der Waals surface area contributed by atoms with Crippen molar-refractivity contribution in [3.05, 3.63) is 71.8 Å². The Labute approximate surface area is 185 Å². The molecule has 0 N–H and O–H groups in total. The highest BCUT2D eigenvalue weighted by Crippen LogP contribution is 2.34.